The molecule has 0 bridgehead atoms. The number of aryl methyl sites for hydroxylation is 1. The average molecular weight is 305 g/mol. The van der Waals surface area contributed by atoms with Crippen LogP contribution in [-0.2, 0) is 6.54 Å². The highest BCUT2D eigenvalue weighted by Gasteiger charge is 2.28. The average Bonchev–Trinajstić information content (AvgIpc) is 3.09. The Balaban J connectivity index is 1.76. The Morgan fingerprint density at radius 2 is 2.38 bits per heavy atom. The molecule has 0 aromatic carbocycles. The Kier molecular flexibility index (Phi) is 4.17. The van der Waals surface area contributed by atoms with E-state index in [0.717, 1.165) is 24.4 Å². The first-order chi connectivity index (χ1) is 10.1. The molecule has 1 aliphatic rings. The minimum atomic E-state index is 0.133. The number of hydrogen-bond acceptors (Lipinski definition) is 6. The largest absolute Gasteiger partial charge is 0.338 e. The summed E-state index contributed by atoms with van der Waals surface area (Å²) in [6.07, 6.45) is 3.42. The zero-order chi connectivity index (χ0) is 14.8. The van der Waals surface area contributed by atoms with Crippen LogP contribution < -0.4 is 0 Å². The third kappa shape index (κ3) is 3.22. The molecule has 3 rings (SSSR count). The molecule has 0 N–H and O–H groups in total. The molecule has 3 heterocycles. The highest BCUT2D eigenvalue weighted by Crippen LogP contribution is 2.31. The Morgan fingerprint density at radius 1 is 1.52 bits per heavy atom. The van der Waals surface area contributed by atoms with Gasteiger partial charge >= 0.3 is 0 Å². The molecule has 1 saturated heterocycles. The van der Waals surface area contributed by atoms with Crippen LogP contribution in [0.4, 0.5) is 0 Å². The van der Waals surface area contributed by atoms with Gasteiger partial charge in [-0.3, -0.25) is 9.69 Å². The van der Waals surface area contributed by atoms with E-state index in [-0.39, 0.29) is 11.8 Å². The molecule has 2 aromatic rings. The van der Waals surface area contributed by atoms with Gasteiger partial charge in [0.25, 0.3) is 0 Å². The summed E-state index contributed by atoms with van der Waals surface area (Å²) in [4.78, 5) is 19.0. The molecule has 0 spiro atoms. The van der Waals surface area contributed by atoms with Gasteiger partial charge in [0.1, 0.15) is 0 Å². The summed E-state index contributed by atoms with van der Waals surface area (Å²) in [6, 6.07) is 2.19. The maximum atomic E-state index is 11.4. The number of piperidine rings is 1. The van der Waals surface area contributed by atoms with Crippen LogP contribution in [0.5, 0.6) is 0 Å². The third-order valence-electron chi connectivity index (χ3n) is 3.83. The predicted octanol–water partition coefficient (Wildman–Crippen LogP) is 3.37. The van der Waals surface area contributed by atoms with Gasteiger partial charge in [0, 0.05) is 6.54 Å². The third-order valence-corrected chi connectivity index (χ3v) is 4.91. The van der Waals surface area contributed by atoms with Crippen LogP contribution in [0.1, 0.15) is 59.2 Å². The fourth-order valence-corrected chi connectivity index (χ4v) is 3.59. The number of hydrogen-bond donors (Lipinski definition) is 0. The summed E-state index contributed by atoms with van der Waals surface area (Å²) in [7, 11) is 0. The molecule has 6 heteroatoms. The lowest BCUT2D eigenvalue weighted by molar-refractivity contribution is 0.102. The molecule has 1 aliphatic heterocycles. The Hall–Kier alpha value is -1.53. The van der Waals surface area contributed by atoms with Crippen molar-refractivity contribution in [2.75, 3.05) is 6.54 Å². The van der Waals surface area contributed by atoms with E-state index in [2.05, 4.69) is 20.4 Å². The van der Waals surface area contributed by atoms with Crippen LogP contribution in [0.25, 0.3) is 0 Å². The van der Waals surface area contributed by atoms with E-state index in [9.17, 15) is 4.79 Å². The van der Waals surface area contributed by atoms with E-state index in [1.54, 1.807) is 6.92 Å². The molecule has 0 saturated carbocycles. The highest BCUT2D eigenvalue weighted by atomic mass is 32.1. The zero-order valence-corrected chi connectivity index (χ0v) is 13.2. The molecule has 1 fully saturated rings. The minimum Gasteiger partial charge on any atom is -0.338 e. The van der Waals surface area contributed by atoms with Gasteiger partial charge in [0.2, 0.25) is 5.89 Å². The quantitative estimate of drug-likeness (QED) is 0.811. The van der Waals surface area contributed by atoms with Gasteiger partial charge in [0.15, 0.2) is 11.6 Å². The van der Waals surface area contributed by atoms with Crippen LogP contribution in [-0.4, -0.2) is 27.4 Å². The van der Waals surface area contributed by atoms with E-state index in [4.69, 9.17) is 4.52 Å². The van der Waals surface area contributed by atoms with Crippen LogP contribution >= 0.6 is 11.3 Å². The summed E-state index contributed by atoms with van der Waals surface area (Å²) in [5.74, 6) is 1.54. The van der Waals surface area contributed by atoms with Crippen LogP contribution in [0.3, 0.4) is 0 Å². The topological polar surface area (TPSA) is 59.2 Å². The summed E-state index contributed by atoms with van der Waals surface area (Å²) < 4.78 is 5.36. The number of likely N-dealkylation sites (tertiary alicyclic amines) is 1. The SMILES string of the molecule is CC(=O)c1cc(CN2CCCCC2c2nc(C)no2)cs1. The van der Waals surface area contributed by atoms with Gasteiger partial charge in [-0.25, -0.2) is 0 Å². The number of ketones is 1. The molecule has 1 unspecified atom stereocenters. The van der Waals surface area contributed by atoms with Gasteiger partial charge in [0.05, 0.1) is 10.9 Å². The normalized spacial score (nSPS) is 19.8. The van der Waals surface area contributed by atoms with E-state index in [1.165, 1.54) is 29.7 Å². The molecule has 5 nitrogen and oxygen atoms in total. The molecule has 0 radical (unpaired) electrons. The van der Waals surface area contributed by atoms with E-state index in [0.29, 0.717) is 11.7 Å². The number of nitrogens with zero attached hydrogens (tertiary/aromatic N) is 3. The van der Waals surface area contributed by atoms with Crippen molar-refractivity contribution in [2.24, 2.45) is 0 Å². The lowest BCUT2D eigenvalue weighted by Gasteiger charge is -2.33. The number of thiophene rings is 1. The number of carbonyl (C=O) groups is 1. The monoisotopic (exact) mass is 305 g/mol. The van der Waals surface area contributed by atoms with Gasteiger partial charge in [-0.15, -0.1) is 11.3 Å². The zero-order valence-electron chi connectivity index (χ0n) is 12.3. The second-order valence-corrected chi connectivity index (χ2v) is 6.45. The number of Topliss-reactive ketones (excluding diaryl/α,β-unsaturated/α-hetero) is 1. The van der Waals surface area contributed by atoms with Crippen LogP contribution in [0, 0.1) is 6.92 Å². The number of carbonyl (C=O) groups excluding carboxylic acids is 1. The first kappa shape index (κ1) is 14.4. The number of aromatic nitrogens is 2. The van der Waals surface area contributed by atoms with Crippen molar-refractivity contribution in [2.45, 2.75) is 45.7 Å². The summed E-state index contributed by atoms with van der Waals surface area (Å²) in [6.45, 7) is 5.31. The van der Waals surface area contributed by atoms with E-state index >= 15 is 0 Å². The van der Waals surface area contributed by atoms with Gasteiger partial charge in [-0.1, -0.05) is 11.6 Å². The summed E-state index contributed by atoms with van der Waals surface area (Å²) in [5.41, 5.74) is 1.19. The molecule has 21 heavy (non-hydrogen) atoms. The lowest BCUT2D eigenvalue weighted by atomic mass is 10.0. The lowest BCUT2D eigenvalue weighted by Crippen LogP contribution is -2.33. The number of rotatable bonds is 4. The van der Waals surface area contributed by atoms with Crippen molar-refractivity contribution in [1.29, 1.82) is 0 Å². The van der Waals surface area contributed by atoms with Crippen molar-refractivity contribution < 1.29 is 9.32 Å². The smallest absolute Gasteiger partial charge is 0.243 e. The maximum Gasteiger partial charge on any atom is 0.243 e. The fraction of sp³-hybridized carbons (Fsp3) is 0.533. The van der Waals surface area contributed by atoms with Crippen LogP contribution in [0.2, 0.25) is 0 Å². The van der Waals surface area contributed by atoms with Gasteiger partial charge in [-0.05, 0) is 50.2 Å². The molecule has 0 aliphatic carbocycles. The molecular weight excluding hydrogens is 286 g/mol. The molecule has 1 atom stereocenters. The molecule has 112 valence electrons. The van der Waals surface area contributed by atoms with Crippen molar-refractivity contribution in [3.05, 3.63) is 33.6 Å². The molecule has 2 aromatic heterocycles. The fourth-order valence-electron chi connectivity index (χ4n) is 2.79. The van der Waals surface area contributed by atoms with E-state index in [1.807, 2.05) is 13.0 Å². The van der Waals surface area contributed by atoms with Gasteiger partial charge in [-0.2, -0.15) is 4.98 Å². The predicted molar refractivity (Wildman–Crippen MR) is 80.4 cm³/mol. The maximum absolute atomic E-state index is 11.4. The van der Waals surface area contributed by atoms with Crippen molar-refractivity contribution in [3.63, 3.8) is 0 Å². The second kappa shape index (κ2) is 6.07. The van der Waals surface area contributed by atoms with Gasteiger partial charge < -0.3 is 4.52 Å². The Morgan fingerprint density at radius 3 is 3.05 bits per heavy atom. The summed E-state index contributed by atoms with van der Waals surface area (Å²) in [5, 5.41) is 5.98. The first-order valence-corrected chi connectivity index (χ1v) is 8.14. The molecular formula is C15H19N3O2S. The first-order valence-electron chi connectivity index (χ1n) is 7.26. The minimum absolute atomic E-state index is 0.133. The highest BCUT2D eigenvalue weighted by molar-refractivity contribution is 7.12. The Labute approximate surface area is 128 Å². The van der Waals surface area contributed by atoms with E-state index < -0.39 is 0 Å². The van der Waals surface area contributed by atoms with Crippen molar-refractivity contribution >= 4 is 17.1 Å². The van der Waals surface area contributed by atoms with Crippen molar-refractivity contribution in [3.8, 4) is 0 Å². The summed E-state index contributed by atoms with van der Waals surface area (Å²) >= 11 is 1.52. The molecule has 0 amide bonds. The Bertz CT molecular complexity index is 634. The second-order valence-electron chi connectivity index (χ2n) is 5.54. The van der Waals surface area contributed by atoms with Crippen LogP contribution in [0.15, 0.2) is 16.0 Å². The van der Waals surface area contributed by atoms with Crippen molar-refractivity contribution in [1.82, 2.24) is 15.0 Å². The standard InChI is InChI=1S/C15H19N3O2S/c1-10(19)14-7-12(9-21-14)8-18-6-4-3-5-13(18)15-16-11(2)17-20-15/h7,9,13H,3-6,8H2,1-2H3.